The van der Waals surface area contributed by atoms with E-state index in [0.717, 1.165) is 92.6 Å². The van der Waals surface area contributed by atoms with Gasteiger partial charge in [0.1, 0.15) is 17.0 Å². The van der Waals surface area contributed by atoms with E-state index in [4.69, 9.17) is 9.97 Å². The molecule has 5 aliphatic rings. The number of amides is 4. The van der Waals surface area contributed by atoms with E-state index in [9.17, 15) is 29.1 Å². The van der Waals surface area contributed by atoms with Crippen molar-refractivity contribution in [1.82, 2.24) is 39.4 Å². The zero-order valence-corrected chi connectivity index (χ0v) is 35.8. The zero-order valence-electron chi connectivity index (χ0n) is 35.8. The highest BCUT2D eigenvalue weighted by Crippen LogP contribution is 2.39. The van der Waals surface area contributed by atoms with Crippen molar-refractivity contribution in [3.8, 4) is 5.82 Å². The van der Waals surface area contributed by atoms with Crippen LogP contribution in [0, 0.1) is 5.92 Å². The van der Waals surface area contributed by atoms with Gasteiger partial charge in [-0.05, 0) is 98.5 Å². The van der Waals surface area contributed by atoms with Crippen molar-refractivity contribution < 1.29 is 24.3 Å². The van der Waals surface area contributed by atoms with Crippen LogP contribution >= 0.6 is 0 Å². The van der Waals surface area contributed by atoms with Crippen LogP contribution < -0.4 is 26.0 Å². The van der Waals surface area contributed by atoms with Gasteiger partial charge >= 0.3 is 0 Å². The second kappa shape index (κ2) is 16.4. The van der Waals surface area contributed by atoms with E-state index in [2.05, 4.69) is 49.0 Å². The third-order valence-corrected chi connectivity index (χ3v) is 13.8. The number of hydrogen-bond acceptors (Lipinski definition) is 13. The lowest BCUT2D eigenvalue weighted by Gasteiger charge is -2.40. The van der Waals surface area contributed by atoms with Crippen LogP contribution in [0.25, 0.3) is 16.9 Å². The number of benzene rings is 2. The van der Waals surface area contributed by atoms with Crippen molar-refractivity contribution in [3.63, 3.8) is 0 Å². The summed E-state index contributed by atoms with van der Waals surface area (Å²) in [5, 5.41) is 17.2. The number of carbonyl (C=O) groups is 4. The topological polar surface area (TPSA) is 191 Å². The van der Waals surface area contributed by atoms with E-state index in [0.29, 0.717) is 58.4 Å². The van der Waals surface area contributed by atoms with Gasteiger partial charge in [-0.15, -0.1) is 6.58 Å². The molecule has 17 nitrogen and oxygen atoms in total. The molecule has 330 valence electrons. The van der Waals surface area contributed by atoms with Gasteiger partial charge in [0.15, 0.2) is 11.5 Å². The molecular formula is C47H51N11O6. The van der Waals surface area contributed by atoms with E-state index in [1.54, 1.807) is 29.1 Å². The number of rotatable bonds is 11. The molecule has 2 aromatic carbocycles. The predicted molar refractivity (Wildman–Crippen MR) is 240 cm³/mol. The molecule has 1 unspecified atom stereocenters. The Hall–Kier alpha value is -6.72. The van der Waals surface area contributed by atoms with Gasteiger partial charge in [-0.1, -0.05) is 19.1 Å². The number of aliphatic hydroxyl groups is 1. The van der Waals surface area contributed by atoms with Crippen molar-refractivity contribution in [2.75, 3.05) is 60.9 Å². The molecule has 0 radical (unpaired) electrons. The standard InChI is InChI=1S/C47H51N11O6/c1-3-19-56-43(61)36-27-48-46(52-41(36)58(56)38-13-5-30-15-18-47(64,4-2)40(30)50-38)49-31-6-8-32(9-7-31)55-24-22-53(23-25-55)28-29-16-20-54(21-17-29)33-10-11-34-35(26-33)45(63)57(44(34)62)37-12-14-39(59)51-42(37)60/h3,5-11,13,26-27,29,37,64H,1,4,12,14-25,28H2,2H3,(H,48,49,52)(H,51,59,60)/t37?,47-/m1/s1. The fourth-order valence-electron chi connectivity index (χ4n) is 10.1. The van der Waals surface area contributed by atoms with Crippen molar-refractivity contribution >= 4 is 57.7 Å². The van der Waals surface area contributed by atoms with Crippen molar-refractivity contribution in [1.29, 1.82) is 0 Å². The van der Waals surface area contributed by atoms with Crippen molar-refractivity contribution in [3.05, 3.63) is 106 Å². The number of pyridine rings is 1. The van der Waals surface area contributed by atoms with Crippen LogP contribution in [0.1, 0.15) is 77.4 Å². The summed E-state index contributed by atoms with van der Waals surface area (Å²) in [4.78, 5) is 86.6. The molecule has 17 heteroatoms. The van der Waals surface area contributed by atoms with Gasteiger partial charge < -0.3 is 20.2 Å². The van der Waals surface area contributed by atoms with Crippen LogP contribution in [-0.2, 0) is 28.2 Å². The number of anilines is 4. The van der Waals surface area contributed by atoms with Gasteiger partial charge in [-0.3, -0.25) is 39.1 Å². The normalized spacial score (nSPS) is 21.7. The van der Waals surface area contributed by atoms with Crippen LogP contribution in [0.15, 0.2) is 78.2 Å². The van der Waals surface area contributed by atoms with Crippen LogP contribution in [0.3, 0.4) is 0 Å². The zero-order chi connectivity index (χ0) is 44.3. The summed E-state index contributed by atoms with van der Waals surface area (Å²) in [5.41, 5.74) is 4.26. The van der Waals surface area contributed by atoms with Crippen molar-refractivity contribution in [2.45, 2.75) is 70.1 Å². The highest BCUT2D eigenvalue weighted by atomic mass is 16.3. The molecule has 4 aliphatic heterocycles. The summed E-state index contributed by atoms with van der Waals surface area (Å²) in [5.74, 6) is -0.583. The molecule has 3 aromatic heterocycles. The smallest absolute Gasteiger partial charge is 0.278 e. The highest BCUT2D eigenvalue weighted by Gasteiger charge is 2.45. The average Bonchev–Trinajstić information content (AvgIpc) is 3.88. The first-order valence-electron chi connectivity index (χ1n) is 22.3. The number of carbonyl (C=O) groups excluding carboxylic acids is 4. The number of nitrogens with zero attached hydrogens (tertiary/aromatic N) is 9. The van der Waals surface area contributed by atoms with Gasteiger partial charge in [0.2, 0.25) is 17.8 Å². The largest absolute Gasteiger partial charge is 0.384 e. The van der Waals surface area contributed by atoms with Gasteiger partial charge in [-0.2, -0.15) is 4.98 Å². The molecule has 0 saturated carbocycles. The van der Waals surface area contributed by atoms with E-state index in [1.165, 1.54) is 4.68 Å². The Morgan fingerprint density at radius 2 is 1.59 bits per heavy atom. The van der Waals surface area contributed by atoms with Gasteiger partial charge in [-0.25, -0.2) is 19.3 Å². The molecule has 64 heavy (non-hydrogen) atoms. The number of piperidine rings is 2. The molecule has 0 spiro atoms. The molecule has 5 aromatic rings. The quantitative estimate of drug-likeness (QED) is 0.128. The summed E-state index contributed by atoms with van der Waals surface area (Å²) < 4.78 is 3.23. The molecule has 2 atom stereocenters. The van der Waals surface area contributed by atoms with Crippen LogP contribution in [0.5, 0.6) is 0 Å². The number of imide groups is 2. The van der Waals surface area contributed by atoms with E-state index in [1.807, 2.05) is 37.3 Å². The van der Waals surface area contributed by atoms with Crippen LogP contribution in [0.2, 0.25) is 0 Å². The number of aromatic nitrogens is 5. The van der Waals surface area contributed by atoms with Crippen molar-refractivity contribution in [2.24, 2.45) is 5.92 Å². The molecule has 0 bridgehead atoms. The predicted octanol–water partition coefficient (Wildman–Crippen LogP) is 3.89. The maximum absolute atomic E-state index is 13.5. The number of aryl methyl sites for hydroxylation is 1. The fraction of sp³-hybridized carbons (Fsp3) is 0.404. The monoisotopic (exact) mass is 865 g/mol. The lowest BCUT2D eigenvalue weighted by Crippen LogP contribution is -2.54. The summed E-state index contributed by atoms with van der Waals surface area (Å²) in [7, 11) is 0. The minimum atomic E-state index is -1.00. The lowest BCUT2D eigenvalue weighted by molar-refractivity contribution is -0.136. The average molecular weight is 866 g/mol. The summed E-state index contributed by atoms with van der Waals surface area (Å²) >= 11 is 0. The number of fused-ring (bicyclic) bond motifs is 3. The first-order chi connectivity index (χ1) is 31.0. The molecular weight excluding hydrogens is 815 g/mol. The fourth-order valence-corrected chi connectivity index (χ4v) is 10.1. The first kappa shape index (κ1) is 41.3. The third kappa shape index (κ3) is 7.31. The summed E-state index contributed by atoms with van der Waals surface area (Å²) in [6.07, 6.45) is 7.37. The van der Waals surface area contributed by atoms with Crippen LogP contribution in [0.4, 0.5) is 23.0 Å². The van der Waals surface area contributed by atoms with Gasteiger partial charge in [0, 0.05) is 75.5 Å². The Kier molecular flexibility index (Phi) is 10.6. The van der Waals surface area contributed by atoms with E-state index < -0.39 is 35.3 Å². The Labute approximate surface area is 369 Å². The molecule has 7 heterocycles. The van der Waals surface area contributed by atoms with Crippen LogP contribution in [-0.4, -0.2) is 115 Å². The summed E-state index contributed by atoms with van der Waals surface area (Å²) in [6.45, 7) is 12.5. The second-order valence-electron chi connectivity index (χ2n) is 17.5. The molecule has 3 N–H and O–H groups in total. The Bertz CT molecular complexity index is 2770. The number of nitrogens with one attached hydrogen (secondary N) is 2. The molecule has 4 amide bonds. The van der Waals surface area contributed by atoms with E-state index >= 15 is 0 Å². The van der Waals surface area contributed by atoms with Gasteiger partial charge in [0.05, 0.1) is 23.4 Å². The maximum atomic E-state index is 13.5. The molecule has 10 rings (SSSR count). The molecule has 3 fully saturated rings. The summed E-state index contributed by atoms with van der Waals surface area (Å²) in [6, 6.07) is 16.4. The van der Waals surface area contributed by atoms with Gasteiger partial charge in [0.25, 0.3) is 17.4 Å². The number of hydrogen-bond donors (Lipinski definition) is 3. The third-order valence-electron chi connectivity index (χ3n) is 13.8. The number of piperazine rings is 1. The Balaban J connectivity index is 0.737. The maximum Gasteiger partial charge on any atom is 0.278 e. The minimum Gasteiger partial charge on any atom is -0.384 e. The highest BCUT2D eigenvalue weighted by molar-refractivity contribution is 6.23. The number of allylic oxidation sites excluding steroid dienone is 1. The molecule has 1 aliphatic carbocycles. The minimum absolute atomic E-state index is 0.0900. The SMILES string of the molecule is C=CCn1c(=O)c2cnc(Nc3ccc(N4CCN(CC5CCN(c6ccc7c(c6)C(=O)N(C6CCC(=O)NC6=O)C7=O)CC5)CC4)cc3)nc2n1-c1ccc2c(n1)[C@@](O)(CC)CC2. The molecule has 3 saturated heterocycles. The first-order valence-corrected chi connectivity index (χ1v) is 22.3. The second-order valence-corrected chi connectivity index (χ2v) is 17.5. The Morgan fingerprint density at radius 1 is 0.859 bits per heavy atom. The Morgan fingerprint density at radius 3 is 2.33 bits per heavy atom. The lowest BCUT2D eigenvalue weighted by atomic mass is 9.95. The van der Waals surface area contributed by atoms with E-state index in [-0.39, 0.29) is 24.9 Å².